The molecule has 82 valence electrons. The van der Waals surface area contributed by atoms with Crippen LogP contribution in [0.3, 0.4) is 0 Å². The topological polar surface area (TPSA) is 21.3 Å². The standard InChI is InChI=1S/C12H16FNO/c13-11-7-5-10(6-8-11)9-14-15-12-3-1-2-4-12/h5-8,12,14H,1-4,9H2. The van der Waals surface area contributed by atoms with Crippen LogP contribution < -0.4 is 5.48 Å². The maximum Gasteiger partial charge on any atom is 0.123 e. The largest absolute Gasteiger partial charge is 0.298 e. The van der Waals surface area contributed by atoms with Crippen LogP contribution in [0.2, 0.25) is 0 Å². The van der Waals surface area contributed by atoms with Crippen LogP contribution in [-0.2, 0) is 11.4 Å². The maximum absolute atomic E-state index is 12.6. The molecule has 0 atom stereocenters. The molecule has 2 nitrogen and oxygen atoms in total. The fourth-order valence-electron chi connectivity index (χ4n) is 1.85. The lowest BCUT2D eigenvalue weighted by Gasteiger charge is -2.11. The number of benzene rings is 1. The number of halogens is 1. The first-order valence-electron chi connectivity index (χ1n) is 5.47. The van der Waals surface area contributed by atoms with Gasteiger partial charge in [-0.2, -0.15) is 5.48 Å². The van der Waals surface area contributed by atoms with Crippen LogP contribution in [0.25, 0.3) is 0 Å². The van der Waals surface area contributed by atoms with Gasteiger partial charge in [-0.05, 0) is 30.5 Å². The van der Waals surface area contributed by atoms with E-state index in [2.05, 4.69) is 5.48 Å². The lowest BCUT2D eigenvalue weighted by molar-refractivity contribution is -0.0244. The number of hydroxylamine groups is 1. The van der Waals surface area contributed by atoms with Crippen molar-refractivity contribution in [2.75, 3.05) is 0 Å². The first kappa shape index (κ1) is 10.6. The van der Waals surface area contributed by atoms with Gasteiger partial charge in [0.2, 0.25) is 0 Å². The molecule has 0 saturated heterocycles. The molecule has 0 radical (unpaired) electrons. The summed E-state index contributed by atoms with van der Waals surface area (Å²) in [6.45, 7) is 0.636. The van der Waals surface area contributed by atoms with Gasteiger partial charge in [0, 0.05) is 6.54 Å². The number of hydrogen-bond donors (Lipinski definition) is 1. The Hall–Kier alpha value is -0.930. The SMILES string of the molecule is Fc1ccc(CNOC2CCCC2)cc1. The quantitative estimate of drug-likeness (QED) is 0.770. The molecule has 0 amide bonds. The van der Waals surface area contributed by atoms with Crippen LogP contribution in [0.5, 0.6) is 0 Å². The average molecular weight is 209 g/mol. The molecule has 0 unspecified atom stereocenters. The van der Waals surface area contributed by atoms with Gasteiger partial charge in [-0.25, -0.2) is 4.39 Å². The first-order chi connectivity index (χ1) is 7.34. The summed E-state index contributed by atoms with van der Waals surface area (Å²) in [6.07, 6.45) is 5.20. The molecule has 1 aromatic rings. The Kier molecular flexibility index (Phi) is 3.69. The predicted molar refractivity (Wildman–Crippen MR) is 56.6 cm³/mol. The number of hydrogen-bond acceptors (Lipinski definition) is 2. The van der Waals surface area contributed by atoms with E-state index in [1.165, 1.54) is 25.0 Å². The zero-order valence-electron chi connectivity index (χ0n) is 8.71. The monoisotopic (exact) mass is 209 g/mol. The smallest absolute Gasteiger partial charge is 0.123 e. The van der Waals surface area contributed by atoms with Crippen molar-refractivity contribution in [1.29, 1.82) is 0 Å². The molecule has 1 N–H and O–H groups in total. The second-order valence-corrected chi connectivity index (χ2v) is 3.97. The zero-order chi connectivity index (χ0) is 10.5. The Labute approximate surface area is 89.4 Å². The number of nitrogens with one attached hydrogen (secondary N) is 1. The molecule has 2 rings (SSSR count). The van der Waals surface area contributed by atoms with E-state index >= 15 is 0 Å². The summed E-state index contributed by atoms with van der Waals surface area (Å²) >= 11 is 0. The molecule has 1 aromatic carbocycles. The summed E-state index contributed by atoms with van der Waals surface area (Å²) in [7, 11) is 0. The minimum absolute atomic E-state index is 0.199. The van der Waals surface area contributed by atoms with Crippen molar-refractivity contribution in [3.8, 4) is 0 Å². The molecule has 0 bridgehead atoms. The van der Waals surface area contributed by atoms with Gasteiger partial charge in [-0.3, -0.25) is 4.84 Å². The summed E-state index contributed by atoms with van der Waals surface area (Å²) in [6, 6.07) is 6.46. The van der Waals surface area contributed by atoms with E-state index in [4.69, 9.17) is 4.84 Å². The van der Waals surface area contributed by atoms with E-state index in [0.717, 1.165) is 18.4 Å². The lowest BCUT2D eigenvalue weighted by atomic mass is 10.2. The third kappa shape index (κ3) is 3.29. The van der Waals surface area contributed by atoms with E-state index in [1.54, 1.807) is 12.1 Å². The van der Waals surface area contributed by atoms with Crippen LogP contribution in [0, 0.1) is 5.82 Å². The second kappa shape index (κ2) is 5.24. The molecule has 0 spiro atoms. The molecular formula is C12H16FNO. The van der Waals surface area contributed by atoms with Crippen molar-refractivity contribution in [2.24, 2.45) is 0 Å². The molecule has 0 heterocycles. The van der Waals surface area contributed by atoms with Crippen LogP contribution in [0.4, 0.5) is 4.39 Å². The highest BCUT2D eigenvalue weighted by atomic mass is 19.1. The summed E-state index contributed by atoms with van der Waals surface area (Å²) in [4.78, 5) is 5.49. The fraction of sp³-hybridized carbons (Fsp3) is 0.500. The van der Waals surface area contributed by atoms with E-state index < -0.39 is 0 Å². The van der Waals surface area contributed by atoms with E-state index in [1.807, 2.05) is 0 Å². The van der Waals surface area contributed by atoms with Crippen molar-refractivity contribution >= 4 is 0 Å². The summed E-state index contributed by atoms with van der Waals surface area (Å²) in [5.74, 6) is -0.199. The first-order valence-corrected chi connectivity index (χ1v) is 5.47. The van der Waals surface area contributed by atoms with Gasteiger partial charge in [0.1, 0.15) is 5.82 Å². The molecule has 0 aliphatic heterocycles. The van der Waals surface area contributed by atoms with Gasteiger partial charge in [0.05, 0.1) is 6.10 Å². The second-order valence-electron chi connectivity index (χ2n) is 3.97. The Morgan fingerprint density at radius 3 is 2.53 bits per heavy atom. The normalized spacial score (nSPS) is 17.1. The van der Waals surface area contributed by atoms with Crippen molar-refractivity contribution in [2.45, 2.75) is 38.3 Å². The Bertz CT molecular complexity index is 293. The Balaban J connectivity index is 1.71. The maximum atomic E-state index is 12.6. The van der Waals surface area contributed by atoms with E-state index in [-0.39, 0.29) is 5.82 Å². The molecule has 15 heavy (non-hydrogen) atoms. The molecule has 1 aliphatic carbocycles. The summed E-state index contributed by atoms with van der Waals surface area (Å²) < 4.78 is 12.6. The van der Waals surface area contributed by atoms with Crippen molar-refractivity contribution in [3.05, 3.63) is 35.6 Å². The van der Waals surface area contributed by atoms with Crippen LogP contribution in [-0.4, -0.2) is 6.10 Å². The van der Waals surface area contributed by atoms with Crippen LogP contribution in [0.1, 0.15) is 31.2 Å². The minimum Gasteiger partial charge on any atom is -0.298 e. The molecule has 1 aliphatic rings. The molecule has 3 heteroatoms. The third-order valence-electron chi connectivity index (χ3n) is 2.74. The van der Waals surface area contributed by atoms with Crippen molar-refractivity contribution in [3.63, 3.8) is 0 Å². The van der Waals surface area contributed by atoms with Crippen LogP contribution >= 0.6 is 0 Å². The Morgan fingerprint density at radius 1 is 1.20 bits per heavy atom. The van der Waals surface area contributed by atoms with Gasteiger partial charge < -0.3 is 0 Å². The van der Waals surface area contributed by atoms with Crippen LogP contribution in [0.15, 0.2) is 24.3 Å². The van der Waals surface area contributed by atoms with E-state index in [0.29, 0.717) is 12.6 Å². The lowest BCUT2D eigenvalue weighted by Crippen LogP contribution is -2.21. The molecule has 0 aromatic heterocycles. The summed E-state index contributed by atoms with van der Waals surface area (Å²) in [5, 5.41) is 0. The molecule has 1 fully saturated rings. The average Bonchev–Trinajstić information content (AvgIpc) is 2.74. The molecule has 1 saturated carbocycles. The van der Waals surface area contributed by atoms with Gasteiger partial charge >= 0.3 is 0 Å². The predicted octanol–water partition coefficient (Wildman–Crippen LogP) is 2.79. The zero-order valence-corrected chi connectivity index (χ0v) is 8.71. The Morgan fingerprint density at radius 2 is 1.87 bits per heavy atom. The van der Waals surface area contributed by atoms with Gasteiger partial charge in [0.15, 0.2) is 0 Å². The third-order valence-corrected chi connectivity index (χ3v) is 2.74. The van der Waals surface area contributed by atoms with Crippen molar-refractivity contribution in [1.82, 2.24) is 5.48 Å². The molecular weight excluding hydrogens is 193 g/mol. The number of rotatable bonds is 4. The fourth-order valence-corrected chi connectivity index (χ4v) is 1.85. The van der Waals surface area contributed by atoms with Gasteiger partial charge in [-0.15, -0.1) is 0 Å². The van der Waals surface area contributed by atoms with E-state index in [9.17, 15) is 4.39 Å². The van der Waals surface area contributed by atoms with Gasteiger partial charge in [0.25, 0.3) is 0 Å². The highest BCUT2D eigenvalue weighted by Gasteiger charge is 2.15. The van der Waals surface area contributed by atoms with Crippen molar-refractivity contribution < 1.29 is 9.23 Å². The highest BCUT2D eigenvalue weighted by molar-refractivity contribution is 5.15. The minimum atomic E-state index is -0.199. The highest BCUT2D eigenvalue weighted by Crippen LogP contribution is 2.19. The van der Waals surface area contributed by atoms with Gasteiger partial charge in [-0.1, -0.05) is 25.0 Å². The summed E-state index contributed by atoms with van der Waals surface area (Å²) in [5.41, 5.74) is 3.98.